The van der Waals surface area contributed by atoms with Crippen LogP contribution >= 0.6 is 0 Å². The van der Waals surface area contributed by atoms with Crippen molar-refractivity contribution in [3.8, 4) is 0 Å². The van der Waals surface area contributed by atoms with Crippen LogP contribution in [0.4, 0.5) is 0 Å². The lowest BCUT2D eigenvalue weighted by Gasteiger charge is -2.04. The topological polar surface area (TPSA) is 51.6 Å². The van der Waals surface area contributed by atoms with Crippen LogP contribution in [0.1, 0.15) is 22.8 Å². The van der Waals surface area contributed by atoms with Gasteiger partial charge >= 0.3 is 0 Å². The molecule has 0 atom stereocenters. The zero-order chi connectivity index (χ0) is 22.7. The number of benzene rings is 3. The Morgan fingerprint density at radius 1 is 0.353 bits per heavy atom. The Kier molecular flexibility index (Phi) is 5.09. The van der Waals surface area contributed by atoms with Gasteiger partial charge in [0.2, 0.25) is 0 Å². The highest BCUT2D eigenvalue weighted by atomic mass is 14.8. The average Bonchev–Trinajstić information content (AvgIpc) is 2.90. The van der Waals surface area contributed by atoms with Crippen molar-refractivity contribution in [1.29, 1.82) is 0 Å². The normalized spacial score (nSPS) is 11.9. The number of para-hydroxylation sites is 4. The Morgan fingerprint density at radius 2 is 0.765 bits per heavy atom. The molecule has 6 rings (SSSR count). The first-order chi connectivity index (χ1) is 16.8. The second-order valence-corrected chi connectivity index (χ2v) is 8.01. The molecule has 0 saturated heterocycles. The number of fused-ring (bicyclic) bond motifs is 3. The van der Waals surface area contributed by atoms with Gasteiger partial charge in [-0.3, -0.25) is 0 Å². The van der Waals surface area contributed by atoms with Crippen LogP contribution in [0.5, 0.6) is 0 Å². The largest absolute Gasteiger partial charge is 0.248 e. The molecule has 0 radical (unpaired) electrons. The lowest BCUT2D eigenvalue weighted by molar-refractivity contribution is 1.24. The van der Waals surface area contributed by atoms with Crippen molar-refractivity contribution in [3.63, 3.8) is 0 Å². The molecule has 0 spiro atoms. The Morgan fingerprint density at radius 3 is 1.24 bits per heavy atom. The maximum Gasteiger partial charge on any atom is 0.0895 e. The molecule has 0 bridgehead atoms. The van der Waals surface area contributed by atoms with E-state index in [0.717, 1.165) is 55.6 Å². The molecule has 0 saturated carbocycles. The minimum absolute atomic E-state index is 0.783. The second kappa shape index (κ2) is 8.68. The Hall–Kier alpha value is -4.70. The van der Waals surface area contributed by atoms with Crippen molar-refractivity contribution in [1.82, 2.24) is 19.9 Å². The van der Waals surface area contributed by atoms with Gasteiger partial charge in [-0.2, -0.15) is 0 Å². The number of pyridine rings is 2. The summed E-state index contributed by atoms with van der Waals surface area (Å²) in [7, 11) is 0. The van der Waals surface area contributed by atoms with Crippen LogP contribution in [0.25, 0.3) is 57.1 Å². The molecule has 0 N–H and O–H groups in total. The Bertz CT molecular complexity index is 1590. The van der Waals surface area contributed by atoms with Crippen molar-refractivity contribution in [2.45, 2.75) is 0 Å². The molecule has 0 aliphatic heterocycles. The number of aromatic nitrogens is 4. The van der Waals surface area contributed by atoms with Crippen molar-refractivity contribution < 1.29 is 0 Å². The first-order valence-electron chi connectivity index (χ1n) is 11.2. The Labute approximate surface area is 197 Å². The third-order valence-corrected chi connectivity index (χ3v) is 5.69. The van der Waals surface area contributed by atoms with Gasteiger partial charge in [-0.1, -0.05) is 60.7 Å². The summed E-state index contributed by atoms with van der Waals surface area (Å²) in [6.07, 6.45) is 7.92. The van der Waals surface area contributed by atoms with Crippen LogP contribution in [0.3, 0.4) is 0 Å². The van der Waals surface area contributed by atoms with Crippen LogP contribution in [0.2, 0.25) is 0 Å². The highest BCUT2D eigenvalue weighted by molar-refractivity contribution is 5.85. The highest BCUT2D eigenvalue weighted by Crippen LogP contribution is 2.19. The predicted molar refractivity (Wildman–Crippen MR) is 141 cm³/mol. The summed E-state index contributed by atoms with van der Waals surface area (Å²) in [5.41, 5.74) is 6.97. The van der Waals surface area contributed by atoms with Crippen molar-refractivity contribution >= 4 is 57.1 Å². The second-order valence-electron chi connectivity index (χ2n) is 8.01. The maximum absolute atomic E-state index is 4.87. The first kappa shape index (κ1) is 19.9. The third kappa shape index (κ3) is 4.05. The van der Waals surface area contributed by atoms with Gasteiger partial charge in [0.05, 0.1) is 44.8 Å². The minimum atomic E-state index is 0.783. The summed E-state index contributed by atoms with van der Waals surface area (Å²) in [4.78, 5) is 19.2. The van der Waals surface area contributed by atoms with E-state index >= 15 is 0 Å². The fourth-order valence-corrected chi connectivity index (χ4v) is 3.95. The zero-order valence-electron chi connectivity index (χ0n) is 18.3. The van der Waals surface area contributed by atoms with E-state index < -0.39 is 0 Å². The van der Waals surface area contributed by atoms with Gasteiger partial charge in [0, 0.05) is 10.8 Å². The lowest BCUT2D eigenvalue weighted by atomic mass is 10.1. The lowest BCUT2D eigenvalue weighted by Crippen LogP contribution is -1.94. The Balaban J connectivity index is 1.39. The SMILES string of the molecule is C(=Cc1nc2ccccc2nc1C=Cc1ccc2ccccc2n1)c1ccc2ccccc2n1. The van der Waals surface area contributed by atoms with E-state index in [9.17, 15) is 0 Å². The summed E-state index contributed by atoms with van der Waals surface area (Å²) in [6.45, 7) is 0. The fraction of sp³-hybridized carbons (Fsp3) is 0. The molecular formula is C30H20N4. The van der Waals surface area contributed by atoms with Crippen molar-refractivity contribution in [3.05, 3.63) is 120 Å². The average molecular weight is 437 g/mol. The summed E-state index contributed by atoms with van der Waals surface area (Å²) in [6, 6.07) is 32.3. The number of nitrogens with zero attached hydrogens (tertiary/aromatic N) is 4. The minimum Gasteiger partial charge on any atom is -0.248 e. The molecule has 0 aliphatic rings. The van der Waals surface area contributed by atoms with Gasteiger partial charge in [0.25, 0.3) is 0 Å². The summed E-state index contributed by atoms with van der Waals surface area (Å²) < 4.78 is 0. The highest BCUT2D eigenvalue weighted by Gasteiger charge is 2.05. The first-order valence-corrected chi connectivity index (χ1v) is 11.2. The molecule has 0 amide bonds. The molecule has 6 aromatic rings. The smallest absolute Gasteiger partial charge is 0.0895 e. The van der Waals surface area contributed by atoms with Crippen molar-refractivity contribution in [2.24, 2.45) is 0 Å². The molecule has 0 fully saturated rings. The van der Waals surface area contributed by atoms with Gasteiger partial charge < -0.3 is 0 Å². The summed E-state index contributed by atoms with van der Waals surface area (Å²) in [5, 5.41) is 2.24. The molecular weight excluding hydrogens is 416 g/mol. The van der Waals surface area contributed by atoms with Crippen LogP contribution in [-0.4, -0.2) is 19.9 Å². The molecule has 4 nitrogen and oxygen atoms in total. The molecule has 0 aliphatic carbocycles. The van der Waals surface area contributed by atoms with E-state index in [1.807, 2.05) is 97.1 Å². The van der Waals surface area contributed by atoms with Gasteiger partial charge in [0.1, 0.15) is 0 Å². The fourth-order valence-electron chi connectivity index (χ4n) is 3.95. The summed E-state index contributed by atoms with van der Waals surface area (Å²) in [5.74, 6) is 0. The predicted octanol–water partition coefficient (Wildman–Crippen LogP) is 7.07. The molecule has 34 heavy (non-hydrogen) atoms. The van der Waals surface area contributed by atoms with Crippen LogP contribution in [-0.2, 0) is 0 Å². The van der Waals surface area contributed by atoms with E-state index in [1.165, 1.54) is 0 Å². The van der Waals surface area contributed by atoms with E-state index in [0.29, 0.717) is 0 Å². The molecule has 3 aromatic heterocycles. The molecule has 160 valence electrons. The monoisotopic (exact) mass is 436 g/mol. The summed E-state index contributed by atoms with van der Waals surface area (Å²) >= 11 is 0. The van der Waals surface area contributed by atoms with Crippen LogP contribution in [0.15, 0.2) is 97.1 Å². The quantitative estimate of drug-likeness (QED) is 0.297. The van der Waals surface area contributed by atoms with Crippen LogP contribution in [0, 0.1) is 0 Å². The zero-order valence-corrected chi connectivity index (χ0v) is 18.3. The van der Waals surface area contributed by atoms with E-state index in [2.05, 4.69) is 24.3 Å². The van der Waals surface area contributed by atoms with Gasteiger partial charge in [-0.25, -0.2) is 19.9 Å². The van der Waals surface area contributed by atoms with Gasteiger partial charge in [-0.15, -0.1) is 0 Å². The number of rotatable bonds is 4. The number of hydrogen-bond acceptors (Lipinski definition) is 4. The molecule has 4 heteroatoms. The van der Waals surface area contributed by atoms with Crippen LogP contribution < -0.4 is 0 Å². The molecule has 0 unspecified atom stereocenters. The number of hydrogen-bond donors (Lipinski definition) is 0. The van der Waals surface area contributed by atoms with Crippen molar-refractivity contribution in [2.75, 3.05) is 0 Å². The molecule has 3 heterocycles. The standard InChI is InChI=1S/C30H20N4/c1-3-9-25-21(7-1)13-15-23(31-25)17-19-29-30(34-28-12-6-5-11-27(28)33-29)20-18-24-16-14-22-8-2-4-10-26(22)32-24/h1-20H. The van der Waals surface area contributed by atoms with Gasteiger partial charge in [0.15, 0.2) is 0 Å². The van der Waals surface area contributed by atoms with E-state index in [1.54, 1.807) is 0 Å². The van der Waals surface area contributed by atoms with E-state index in [-0.39, 0.29) is 0 Å². The molecule has 3 aromatic carbocycles. The third-order valence-electron chi connectivity index (χ3n) is 5.69. The van der Waals surface area contributed by atoms with Gasteiger partial charge in [-0.05, 0) is 60.7 Å². The maximum atomic E-state index is 4.87. The van der Waals surface area contributed by atoms with E-state index in [4.69, 9.17) is 19.9 Å².